The van der Waals surface area contributed by atoms with Crippen molar-refractivity contribution in [1.29, 1.82) is 0 Å². The summed E-state index contributed by atoms with van der Waals surface area (Å²) in [5.74, 6) is -0.0427. The van der Waals surface area contributed by atoms with Crippen LogP contribution in [0.15, 0.2) is 0 Å². The van der Waals surface area contributed by atoms with Crippen LogP contribution in [0.4, 0.5) is 0 Å². The quantitative estimate of drug-likeness (QED) is 0.476. The molecule has 0 radical (unpaired) electrons. The first kappa shape index (κ1) is 17.9. The van der Waals surface area contributed by atoms with Crippen LogP contribution in [0.25, 0.3) is 0 Å². The Morgan fingerprint density at radius 3 is 2.30 bits per heavy atom. The van der Waals surface area contributed by atoms with Crippen molar-refractivity contribution in [2.45, 2.75) is 39.7 Å². The Morgan fingerprint density at radius 1 is 1.20 bits per heavy atom. The Hall–Kier alpha value is -0.110. The van der Waals surface area contributed by atoms with E-state index in [0.29, 0.717) is 0 Å². The van der Waals surface area contributed by atoms with Gasteiger partial charge in [0.15, 0.2) is 0 Å². The van der Waals surface area contributed by atoms with Gasteiger partial charge in [-0.2, -0.15) is 0 Å². The number of carbonyl (C=O) groups is 1. The Balaban J connectivity index is 2.56. The molecule has 1 amide bonds. The van der Waals surface area contributed by atoms with Gasteiger partial charge in [-0.3, -0.25) is 18.4 Å². The predicted octanol–water partition coefficient (Wildman–Crippen LogP) is 2.65. The third kappa shape index (κ3) is 4.72. The molecule has 0 bridgehead atoms. The van der Waals surface area contributed by atoms with Gasteiger partial charge in [0.25, 0.3) is 5.91 Å². The smallest absolute Gasteiger partial charge is 0.287 e. The second-order valence-corrected chi connectivity index (χ2v) is 7.04. The van der Waals surface area contributed by atoms with Gasteiger partial charge in [-0.05, 0) is 20.3 Å². The molecule has 1 saturated heterocycles. The minimum atomic E-state index is -3.58. The van der Waals surface area contributed by atoms with Gasteiger partial charge in [0.1, 0.15) is 12.8 Å². The summed E-state index contributed by atoms with van der Waals surface area (Å²) >= 11 is 1.26. The maximum atomic E-state index is 12.2. The van der Waals surface area contributed by atoms with E-state index < -0.39 is 7.82 Å². The molecule has 0 aromatic heterocycles. The van der Waals surface area contributed by atoms with Gasteiger partial charge in [-0.25, -0.2) is 13.2 Å². The SMILES string of the molecule is CCCC1C(=O)N(COP(=O)(OCC)OCC)SN1C. The highest BCUT2D eigenvalue weighted by Crippen LogP contribution is 2.49. The first-order valence-corrected chi connectivity index (χ1v) is 8.92. The van der Waals surface area contributed by atoms with Crippen molar-refractivity contribution < 1.29 is 22.9 Å². The fraction of sp³-hybridized carbons (Fsp3) is 0.909. The Morgan fingerprint density at radius 2 is 1.80 bits per heavy atom. The maximum Gasteiger partial charge on any atom is 0.476 e. The van der Waals surface area contributed by atoms with Crippen molar-refractivity contribution in [3.8, 4) is 0 Å². The first-order chi connectivity index (χ1) is 9.47. The van der Waals surface area contributed by atoms with Crippen LogP contribution in [0.2, 0.25) is 0 Å². The number of amides is 1. The summed E-state index contributed by atoms with van der Waals surface area (Å²) in [6.45, 7) is 5.76. The van der Waals surface area contributed by atoms with Gasteiger partial charge in [-0.15, -0.1) is 0 Å². The third-order valence-electron chi connectivity index (χ3n) is 2.67. The molecule has 118 valence electrons. The zero-order valence-electron chi connectivity index (χ0n) is 12.4. The summed E-state index contributed by atoms with van der Waals surface area (Å²) in [5, 5.41) is 0. The summed E-state index contributed by atoms with van der Waals surface area (Å²) in [6, 6.07) is -0.160. The third-order valence-corrected chi connectivity index (χ3v) is 5.24. The summed E-state index contributed by atoms with van der Waals surface area (Å²) in [6.07, 6.45) is 1.71. The molecular weight excluding hydrogens is 303 g/mol. The van der Waals surface area contributed by atoms with Gasteiger partial charge >= 0.3 is 7.82 Å². The Kier molecular flexibility index (Phi) is 7.50. The average Bonchev–Trinajstić information content (AvgIpc) is 2.65. The van der Waals surface area contributed by atoms with Crippen molar-refractivity contribution in [3.63, 3.8) is 0 Å². The van der Waals surface area contributed by atoms with Gasteiger partial charge < -0.3 is 0 Å². The van der Waals surface area contributed by atoms with E-state index in [1.165, 1.54) is 16.4 Å². The lowest BCUT2D eigenvalue weighted by Crippen LogP contribution is -2.31. The van der Waals surface area contributed by atoms with Crippen LogP contribution in [-0.4, -0.2) is 47.6 Å². The zero-order chi connectivity index (χ0) is 15.2. The molecule has 0 N–H and O–H groups in total. The highest BCUT2D eigenvalue weighted by atomic mass is 32.2. The zero-order valence-corrected chi connectivity index (χ0v) is 14.1. The lowest BCUT2D eigenvalue weighted by Gasteiger charge is -2.19. The number of carbonyl (C=O) groups excluding carboxylic acids is 1. The van der Waals surface area contributed by atoms with Crippen molar-refractivity contribution >= 4 is 25.9 Å². The molecule has 1 fully saturated rings. The van der Waals surface area contributed by atoms with Crippen LogP contribution < -0.4 is 0 Å². The largest absolute Gasteiger partial charge is 0.476 e. The fourth-order valence-electron chi connectivity index (χ4n) is 1.79. The number of phosphoric ester groups is 1. The lowest BCUT2D eigenvalue weighted by atomic mass is 10.1. The molecule has 1 rings (SSSR count). The predicted molar refractivity (Wildman–Crippen MR) is 77.7 cm³/mol. The minimum Gasteiger partial charge on any atom is -0.287 e. The van der Waals surface area contributed by atoms with Crippen molar-refractivity contribution in [2.75, 3.05) is 27.0 Å². The van der Waals surface area contributed by atoms with E-state index in [0.717, 1.165) is 12.8 Å². The van der Waals surface area contributed by atoms with Gasteiger partial charge in [-0.1, -0.05) is 13.3 Å². The number of likely N-dealkylation sites (N-methyl/N-ethyl adjacent to an activating group) is 1. The maximum absolute atomic E-state index is 12.2. The number of rotatable bonds is 9. The molecule has 1 aliphatic rings. The summed E-state index contributed by atoms with van der Waals surface area (Å²) in [5.41, 5.74) is 0. The van der Waals surface area contributed by atoms with Crippen LogP contribution in [0.5, 0.6) is 0 Å². The monoisotopic (exact) mass is 326 g/mol. The van der Waals surface area contributed by atoms with Crippen molar-refractivity contribution in [1.82, 2.24) is 8.61 Å². The molecule has 0 aromatic carbocycles. The second-order valence-electron chi connectivity index (χ2n) is 4.19. The molecule has 9 heteroatoms. The molecule has 0 aliphatic carbocycles. The summed E-state index contributed by atoms with van der Waals surface area (Å²) < 4.78 is 30.7. The number of hydrogen-bond donors (Lipinski definition) is 0. The molecule has 0 aromatic rings. The standard InChI is InChI=1S/C11H23N2O5PS/c1-5-8-10-11(14)13(20-12(10)4)9-18-19(15,16-6-2)17-7-3/h10H,5-9H2,1-4H3. The lowest BCUT2D eigenvalue weighted by molar-refractivity contribution is -0.129. The van der Waals surface area contributed by atoms with E-state index in [1.807, 2.05) is 18.3 Å². The average molecular weight is 326 g/mol. The topological polar surface area (TPSA) is 68.3 Å². The molecule has 20 heavy (non-hydrogen) atoms. The fourth-order valence-corrected chi connectivity index (χ4v) is 3.90. The van der Waals surface area contributed by atoms with Crippen molar-refractivity contribution in [2.24, 2.45) is 0 Å². The van der Waals surface area contributed by atoms with Gasteiger partial charge in [0.2, 0.25) is 0 Å². The molecule has 1 aliphatic heterocycles. The molecule has 1 atom stereocenters. The minimum absolute atomic E-state index is 0.0427. The second kappa shape index (κ2) is 8.36. The molecule has 0 spiro atoms. The van der Waals surface area contributed by atoms with Gasteiger partial charge in [0.05, 0.1) is 13.2 Å². The number of nitrogens with zero attached hydrogens (tertiary/aromatic N) is 2. The Bertz CT molecular complexity index is 361. The van der Waals surface area contributed by atoms with Crippen LogP contribution in [-0.2, 0) is 22.9 Å². The van der Waals surface area contributed by atoms with E-state index in [9.17, 15) is 9.36 Å². The molecule has 7 nitrogen and oxygen atoms in total. The van der Waals surface area contributed by atoms with Crippen LogP contribution in [0.1, 0.15) is 33.6 Å². The Labute approximate surface area is 124 Å². The van der Waals surface area contributed by atoms with Crippen LogP contribution >= 0.6 is 20.0 Å². The summed E-state index contributed by atoms with van der Waals surface area (Å²) in [7, 11) is -1.72. The van der Waals surface area contributed by atoms with E-state index in [2.05, 4.69) is 0 Å². The molecule has 0 saturated carbocycles. The highest BCUT2D eigenvalue weighted by molar-refractivity contribution is 7.95. The number of phosphoric acid groups is 1. The van der Waals surface area contributed by atoms with Crippen LogP contribution in [0, 0.1) is 0 Å². The van der Waals surface area contributed by atoms with Crippen LogP contribution in [0.3, 0.4) is 0 Å². The van der Waals surface area contributed by atoms with E-state index in [4.69, 9.17) is 13.6 Å². The van der Waals surface area contributed by atoms with Gasteiger partial charge in [0, 0.05) is 19.2 Å². The van der Waals surface area contributed by atoms with E-state index in [-0.39, 0.29) is 31.9 Å². The molecule has 1 heterocycles. The molecule has 1 unspecified atom stereocenters. The van der Waals surface area contributed by atoms with E-state index in [1.54, 1.807) is 13.8 Å². The summed E-state index contributed by atoms with van der Waals surface area (Å²) in [4.78, 5) is 12.2. The normalized spacial score (nSPS) is 20.9. The highest BCUT2D eigenvalue weighted by Gasteiger charge is 2.38. The number of hydrogen-bond acceptors (Lipinski definition) is 7. The first-order valence-electron chi connectivity index (χ1n) is 6.73. The molecular formula is C11H23N2O5PS. The van der Waals surface area contributed by atoms with Crippen molar-refractivity contribution in [3.05, 3.63) is 0 Å². The van der Waals surface area contributed by atoms with E-state index >= 15 is 0 Å².